The van der Waals surface area contributed by atoms with Crippen LogP contribution in [0.5, 0.6) is 5.75 Å². The minimum Gasteiger partial charge on any atom is -0.507 e. The molecule has 2 N–H and O–H groups in total. The molecular weight excluding hydrogens is 425 g/mol. The number of phenolic OH excluding ortho intramolecular Hbond substituents is 1. The van der Waals surface area contributed by atoms with Crippen molar-refractivity contribution in [2.75, 3.05) is 24.5 Å². The van der Waals surface area contributed by atoms with Crippen LogP contribution in [0, 0.1) is 5.92 Å². The number of aromatic hydroxyl groups is 1. The quantitative estimate of drug-likeness (QED) is 0.625. The summed E-state index contributed by atoms with van der Waals surface area (Å²) in [4.78, 5) is 6.58. The highest BCUT2D eigenvalue weighted by Crippen LogP contribution is 2.32. The Balaban J connectivity index is 0.00000193. The van der Waals surface area contributed by atoms with Gasteiger partial charge in [0.2, 0.25) is 5.95 Å². The van der Waals surface area contributed by atoms with Gasteiger partial charge in [0.1, 0.15) is 11.4 Å². The van der Waals surface area contributed by atoms with Crippen LogP contribution in [0.3, 0.4) is 0 Å². The lowest BCUT2D eigenvalue weighted by atomic mass is 10.0. The maximum atomic E-state index is 10.5. The monoisotopic (exact) mass is 454 g/mol. The van der Waals surface area contributed by atoms with Gasteiger partial charge >= 0.3 is 0 Å². The van der Waals surface area contributed by atoms with E-state index in [-0.39, 0.29) is 30.6 Å². The maximum Gasteiger partial charge on any atom is 0.245 e. The van der Waals surface area contributed by atoms with Gasteiger partial charge in [-0.1, -0.05) is 19.9 Å². The Morgan fingerprint density at radius 2 is 2.03 bits per heavy atom. The normalized spacial score (nSPS) is 18.0. The Morgan fingerprint density at radius 3 is 2.67 bits per heavy atom. The average Bonchev–Trinajstić information content (AvgIpc) is 3.25. The van der Waals surface area contributed by atoms with Gasteiger partial charge in [-0.3, -0.25) is 4.68 Å². The largest absolute Gasteiger partial charge is 0.507 e. The van der Waals surface area contributed by atoms with E-state index in [0.717, 1.165) is 24.3 Å². The van der Waals surface area contributed by atoms with Crippen LogP contribution in [0.2, 0.25) is 0 Å². The predicted molar refractivity (Wildman–Crippen MR) is 122 cm³/mol. The minimum absolute atomic E-state index is 0. The molecule has 0 radical (unpaired) electrons. The summed E-state index contributed by atoms with van der Waals surface area (Å²) in [6, 6.07) is 5.41. The molecule has 0 bridgehead atoms. The zero-order valence-corrected chi connectivity index (χ0v) is 18.3. The second kappa shape index (κ2) is 10.1. The molecule has 0 spiro atoms. The van der Waals surface area contributed by atoms with E-state index in [0.29, 0.717) is 40.3 Å². The number of hydrogen-bond acceptors (Lipinski definition) is 7. The summed E-state index contributed by atoms with van der Waals surface area (Å²) in [6.45, 7) is 4.53. The van der Waals surface area contributed by atoms with Gasteiger partial charge in [0, 0.05) is 54.1 Å². The molecule has 0 amide bonds. The van der Waals surface area contributed by atoms with Crippen molar-refractivity contribution in [2.24, 2.45) is 12.9 Å². The van der Waals surface area contributed by atoms with Crippen LogP contribution < -0.4 is 10.2 Å². The standard InChI is InChI=1S/C20H25N7O.2ClH/c1-13(2)18-12-27(7-6-21-18)20-22-10-17(24-25-20)16-5-4-14(8-19(16)28)15-9-23-26(3)11-15;;/h4-5,8-11,13,18,21,28H,6-7,12H2,1-3H3;2*1H/t18-;;/m1../s1/i3D3;;. The molecule has 1 aliphatic heterocycles. The molecule has 2 aromatic heterocycles. The van der Waals surface area contributed by atoms with Crippen LogP contribution in [0.15, 0.2) is 36.8 Å². The minimum atomic E-state index is -2.34. The summed E-state index contributed by atoms with van der Waals surface area (Å²) >= 11 is 0. The van der Waals surface area contributed by atoms with Crippen molar-refractivity contribution in [3.63, 3.8) is 0 Å². The van der Waals surface area contributed by atoms with Gasteiger partial charge in [-0.15, -0.1) is 35.0 Å². The van der Waals surface area contributed by atoms with E-state index in [9.17, 15) is 5.11 Å². The highest BCUT2D eigenvalue weighted by Gasteiger charge is 2.23. The molecular formula is C20H27Cl2N7O. The molecule has 162 valence electrons. The first-order chi connectivity index (χ1) is 14.7. The number of phenols is 1. The Hall–Kier alpha value is -2.42. The molecule has 1 atom stereocenters. The van der Waals surface area contributed by atoms with Crippen molar-refractivity contribution >= 4 is 30.8 Å². The molecule has 0 aliphatic carbocycles. The van der Waals surface area contributed by atoms with E-state index in [1.165, 1.54) is 12.4 Å². The Kier molecular flexibility index (Phi) is 6.55. The number of aromatic nitrogens is 5. The SMILES string of the molecule is Cl.Cl.[2H]C([2H])([2H])n1cc(-c2ccc(-c3cnc(N4CCN[C@@H](C(C)C)C4)nn3)c(O)c2)cn1. The van der Waals surface area contributed by atoms with Crippen molar-refractivity contribution in [1.82, 2.24) is 30.3 Å². The lowest BCUT2D eigenvalue weighted by molar-refractivity contribution is 0.365. The molecule has 1 aliphatic rings. The smallest absolute Gasteiger partial charge is 0.245 e. The zero-order valence-electron chi connectivity index (χ0n) is 19.7. The van der Waals surface area contributed by atoms with Crippen LogP contribution in [0.1, 0.15) is 18.0 Å². The highest BCUT2D eigenvalue weighted by atomic mass is 35.5. The van der Waals surface area contributed by atoms with Crippen LogP contribution in [0.25, 0.3) is 22.4 Å². The molecule has 1 aromatic carbocycles. The second-order valence-corrected chi connectivity index (χ2v) is 7.30. The Bertz CT molecular complexity index is 1060. The van der Waals surface area contributed by atoms with Crippen molar-refractivity contribution < 1.29 is 9.22 Å². The number of benzene rings is 1. The fraction of sp³-hybridized carbons (Fsp3) is 0.400. The second-order valence-electron chi connectivity index (χ2n) is 7.30. The molecule has 0 unspecified atom stereocenters. The fourth-order valence-corrected chi connectivity index (χ4v) is 3.34. The fourth-order valence-electron chi connectivity index (χ4n) is 3.34. The van der Waals surface area contributed by atoms with E-state index >= 15 is 0 Å². The topological polar surface area (TPSA) is 92.0 Å². The molecule has 8 nitrogen and oxygen atoms in total. The van der Waals surface area contributed by atoms with Crippen molar-refractivity contribution in [2.45, 2.75) is 19.9 Å². The molecule has 1 saturated heterocycles. The van der Waals surface area contributed by atoms with Gasteiger partial charge < -0.3 is 15.3 Å². The third-order valence-corrected chi connectivity index (χ3v) is 5.03. The predicted octanol–water partition coefficient (Wildman–Crippen LogP) is 2.92. The number of halogens is 2. The van der Waals surface area contributed by atoms with Gasteiger partial charge in [-0.2, -0.15) is 5.10 Å². The number of piperazine rings is 1. The number of nitrogens with one attached hydrogen (secondary N) is 1. The molecule has 0 saturated carbocycles. The van der Waals surface area contributed by atoms with E-state index < -0.39 is 6.98 Å². The summed E-state index contributed by atoms with van der Waals surface area (Å²) < 4.78 is 23.2. The third-order valence-electron chi connectivity index (χ3n) is 5.03. The first-order valence-corrected chi connectivity index (χ1v) is 9.29. The molecule has 30 heavy (non-hydrogen) atoms. The first-order valence-electron chi connectivity index (χ1n) is 10.8. The number of aryl methyl sites for hydroxylation is 1. The summed E-state index contributed by atoms with van der Waals surface area (Å²) in [6.07, 6.45) is 4.49. The summed E-state index contributed by atoms with van der Waals surface area (Å²) in [5.74, 6) is 1.09. The molecule has 4 rings (SSSR count). The third kappa shape index (κ3) is 5.00. The van der Waals surface area contributed by atoms with Crippen molar-refractivity contribution in [1.29, 1.82) is 0 Å². The Labute approximate surface area is 192 Å². The van der Waals surface area contributed by atoms with Gasteiger partial charge in [0.05, 0.1) is 12.4 Å². The number of anilines is 1. The van der Waals surface area contributed by atoms with Crippen LogP contribution in [0.4, 0.5) is 5.95 Å². The highest BCUT2D eigenvalue weighted by molar-refractivity contribution is 5.85. The Morgan fingerprint density at radius 1 is 1.20 bits per heavy atom. The van der Waals surface area contributed by atoms with E-state index in [2.05, 4.69) is 44.3 Å². The number of hydrogen-bond donors (Lipinski definition) is 2. The number of rotatable bonds is 4. The lowest BCUT2D eigenvalue weighted by Crippen LogP contribution is -2.53. The zero-order chi connectivity index (χ0) is 22.2. The van der Waals surface area contributed by atoms with Gasteiger partial charge in [0.25, 0.3) is 0 Å². The van der Waals surface area contributed by atoms with Crippen LogP contribution in [-0.2, 0) is 6.98 Å². The average molecular weight is 455 g/mol. The van der Waals surface area contributed by atoms with E-state index in [4.69, 9.17) is 4.11 Å². The van der Waals surface area contributed by atoms with E-state index in [1.807, 2.05) is 0 Å². The van der Waals surface area contributed by atoms with Gasteiger partial charge in [0.15, 0.2) is 0 Å². The van der Waals surface area contributed by atoms with E-state index in [1.54, 1.807) is 24.4 Å². The molecule has 3 aromatic rings. The van der Waals surface area contributed by atoms with Gasteiger partial charge in [-0.05, 0) is 23.6 Å². The van der Waals surface area contributed by atoms with Gasteiger partial charge in [-0.25, -0.2) is 4.98 Å². The van der Waals surface area contributed by atoms with Crippen LogP contribution in [-0.4, -0.2) is 55.7 Å². The summed E-state index contributed by atoms with van der Waals surface area (Å²) in [7, 11) is 0. The first kappa shape index (κ1) is 19.5. The molecule has 10 heteroatoms. The lowest BCUT2D eigenvalue weighted by Gasteiger charge is -2.35. The molecule has 1 fully saturated rings. The molecule has 3 heterocycles. The van der Waals surface area contributed by atoms with Crippen molar-refractivity contribution in [3.05, 3.63) is 36.8 Å². The maximum absolute atomic E-state index is 10.5. The van der Waals surface area contributed by atoms with Crippen LogP contribution >= 0.6 is 24.8 Å². The summed E-state index contributed by atoms with van der Waals surface area (Å²) in [5, 5.41) is 26.5. The summed E-state index contributed by atoms with van der Waals surface area (Å²) in [5.41, 5.74) is 2.20. The number of nitrogens with zero attached hydrogens (tertiary/aromatic N) is 6. The van der Waals surface area contributed by atoms with Crippen molar-refractivity contribution in [3.8, 4) is 28.1 Å².